The zero-order valence-corrected chi connectivity index (χ0v) is 12.3. The molecule has 8 heteroatoms. The van der Waals surface area contributed by atoms with Crippen LogP contribution in [0.5, 0.6) is 0 Å². The zero-order valence-electron chi connectivity index (χ0n) is 11.4. The standard InChI is InChI=1S/C12H18N4O3S/c1-3-4-10-16(9(7-20-10)11(17)18)12(19)14-8-5-13-15(2)6-8/h5-6,9-10H,3-4,7H2,1-2H3,(H,14,19)(H,17,18). The van der Waals surface area contributed by atoms with Crippen LogP contribution in [0.2, 0.25) is 0 Å². The van der Waals surface area contributed by atoms with Gasteiger partial charge in [-0.25, -0.2) is 9.59 Å². The maximum atomic E-state index is 12.3. The van der Waals surface area contributed by atoms with Crippen molar-refractivity contribution < 1.29 is 14.7 Å². The number of anilines is 1. The number of rotatable bonds is 4. The summed E-state index contributed by atoms with van der Waals surface area (Å²) in [5.41, 5.74) is 0.564. The van der Waals surface area contributed by atoms with E-state index in [1.807, 2.05) is 6.92 Å². The molecule has 1 saturated heterocycles. The van der Waals surface area contributed by atoms with Crippen molar-refractivity contribution in [3.05, 3.63) is 12.4 Å². The van der Waals surface area contributed by atoms with Crippen molar-refractivity contribution in [1.82, 2.24) is 14.7 Å². The average Bonchev–Trinajstić information content (AvgIpc) is 2.96. The van der Waals surface area contributed by atoms with Crippen LogP contribution in [0.3, 0.4) is 0 Å². The molecule has 1 fully saturated rings. The molecule has 2 amide bonds. The molecule has 1 aliphatic rings. The summed E-state index contributed by atoms with van der Waals surface area (Å²) in [6.07, 6.45) is 4.90. The summed E-state index contributed by atoms with van der Waals surface area (Å²) < 4.78 is 1.58. The minimum absolute atomic E-state index is 0.0854. The van der Waals surface area contributed by atoms with Gasteiger partial charge >= 0.3 is 12.0 Å². The highest BCUT2D eigenvalue weighted by Gasteiger charge is 2.41. The number of carbonyl (C=O) groups is 2. The predicted octanol–water partition coefficient (Wildman–Crippen LogP) is 1.58. The van der Waals surface area contributed by atoms with Gasteiger partial charge in [0.1, 0.15) is 6.04 Å². The minimum atomic E-state index is -0.961. The Balaban J connectivity index is 2.12. The number of amides is 2. The largest absolute Gasteiger partial charge is 0.480 e. The van der Waals surface area contributed by atoms with E-state index in [9.17, 15) is 14.7 Å². The average molecular weight is 298 g/mol. The van der Waals surface area contributed by atoms with Crippen molar-refractivity contribution in [1.29, 1.82) is 0 Å². The Hall–Kier alpha value is -1.70. The first-order valence-electron chi connectivity index (χ1n) is 6.45. The second-order valence-electron chi connectivity index (χ2n) is 4.67. The lowest BCUT2D eigenvalue weighted by Gasteiger charge is -2.27. The van der Waals surface area contributed by atoms with Crippen molar-refractivity contribution in [3.63, 3.8) is 0 Å². The highest BCUT2D eigenvalue weighted by atomic mass is 32.2. The van der Waals surface area contributed by atoms with Gasteiger partial charge in [-0.2, -0.15) is 5.10 Å². The summed E-state index contributed by atoms with van der Waals surface area (Å²) in [6.45, 7) is 2.02. The van der Waals surface area contributed by atoms with Crippen LogP contribution in [0, 0.1) is 0 Å². The molecule has 0 aromatic carbocycles. The Kier molecular flexibility index (Phi) is 4.53. The lowest BCUT2D eigenvalue weighted by Crippen LogP contribution is -2.47. The maximum absolute atomic E-state index is 12.3. The van der Waals surface area contributed by atoms with Crippen molar-refractivity contribution in [2.45, 2.75) is 31.2 Å². The quantitative estimate of drug-likeness (QED) is 0.881. The number of urea groups is 1. The van der Waals surface area contributed by atoms with Gasteiger partial charge in [-0.1, -0.05) is 13.3 Å². The number of carboxylic acids is 1. The first-order valence-corrected chi connectivity index (χ1v) is 7.50. The first kappa shape index (κ1) is 14.7. The van der Waals surface area contributed by atoms with Gasteiger partial charge < -0.3 is 10.4 Å². The fourth-order valence-corrected chi connectivity index (χ4v) is 3.68. The molecule has 1 aromatic heterocycles. The van der Waals surface area contributed by atoms with Crippen molar-refractivity contribution in [2.75, 3.05) is 11.1 Å². The predicted molar refractivity (Wildman–Crippen MR) is 76.6 cm³/mol. The minimum Gasteiger partial charge on any atom is -0.480 e. The number of carboxylic acid groups (broad SMARTS) is 1. The van der Waals surface area contributed by atoms with Crippen LogP contribution in [0.25, 0.3) is 0 Å². The molecule has 110 valence electrons. The van der Waals surface area contributed by atoms with Crippen LogP contribution in [0.1, 0.15) is 19.8 Å². The molecule has 20 heavy (non-hydrogen) atoms. The van der Waals surface area contributed by atoms with E-state index in [0.29, 0.717) is 11.4 Å². The summed E-state index contributed by atoms with van der Waals surface area (Å²) in [4.78, 5) is 25.0. The van der Waals surface area contributed by atoms with Crippen LogP contribution < -0.4 is 5.32 Å². The van der Waals surface area contributed by atoms with Crippen LogP contribution >= 0.6 is 11.8 Å². The Morgan fingerprint density at radius 2 is 2.35 bits per heavy atom. The van der Waals surface area contributed by atoms with E-state index < -0.39 is 12.0 Å². The molecule has 0 aliphatic carbocycles. The second-order valence-corrected chi connectivity index (χ2v) is 5.88. The van der Waals surface area contributed by atoms with E-state index in [4.69, 9.17) is 0 Å². The SMILES string of the molecule is CCCC1SCC(C(=O)O)N1C(=O)Nc1cnn(C)c1. The molecule has 1 aliphatic heterocycles. The van der Waals surface area contributed by atoms with Crippen LogP contribution in [-0.4, -0.2) is 49.0 Å². The lowest BCUT2D eigenvalue weighted by atomic mass is 10.2. The monoisotopic (exact) mass is 298 g/mol. The lowest BCUT2D eigenvalue weighted by molar-refractivity contribution is -0.141. The van der Waals surface area contributed by atoms with Gasteiger partial charge in [0.2, 0.25) is 0 Å². The topological polar surface area (TPSA) is 87.5 Å². The molecule has 0 saturated carbocycles. The number of aliphatic carboxylic acids is 1. The molecular formula is C12H18N4O3S. The smallest absolute Gasteiger partial charge is 0.327 e. The Morgan fingerprint density at radius 1 is 1.60 bits per heavy atom. The molecule has 0 bridgehead atoms. The summed E-state index contributed by atoms with van der Waals surface area (Å²) >= 11 is 1.52. The molecule has 7 nitrogen and oxygen atoms in total. The summed E-state index contributed by atoms with van der Waals surface area (Å²) in [6, 6.07) is -1.15. The molecule has 2 N–H and O–H groups in total. The number of aromatic nitrogens is 2. The number of carbonyl (C=O) groups excluding carboxylic acids is 1. The maximum Gasteiger partial charge on any atom is 0.327 e. The second kappa shape index (κ2) is 6.17. The Morgan fingerprint density at radius 3 is 2.90 bits per heavy atom. The summed E-state index contributed by atoms with van der Waals surface area (Å²) in [5.74, 6) is -0.530. The Bertz CT molecular complexity index is 505. The molecule has 0 radical (unpaired) electrons. The van der Waals surface area contributed by atoms with Crippen LogP contribution in [-0.2, 0) is 11.8 Å². The van der Waals surface area contributed by atoms with Gasteiger partial charge in [0, 0.05) is 19.0 Å². The summed E-state index contributed by atoms with van der Waals surface area (Å²) in [7, 11) is 1.75. The fraction of sp³-hybridized carbons (Fsp3) is 0.583. The number of nitrogens with one attached hydrogen (secondary N) is 1. The van der Waals surface area contributed by atoms with Gasteiger partial charge in [-0.15, -0.1) is 11.8 Å². The third kappa shape index (κ3) is 3.06. The van der Waals surface area contributed by atoms with Gasteiger partial charge in [0.25, 0.3) is 0 Å². The fourth-order valence-electron chi connectivity index (χ4n) is 2.17. The van der Waals surface area contributed by atoms with Gasteiger partial charge in [0.15, 0.2) is 0 Å². The van der Waals surface area contributed by atoms with Crippen molar-refractivity contribution in [2.24, 2.45) is 7.05 Å². The van der Waals surface area contributed by atoms with Gasteiger partial charge in [-0.05, 0) is 6.42 Å². The molecular weight excluding hydrogens is 280 g/mol. The van der Waals surface area contributed by atoms with Gasteiger partial charge in [-0.3, -0.25) is 9.58 Å². The van der Waals surface area contributed by atoms with Gasteiger partial charge in [0.05, 0.1) is 17.3 Å². The van der Waals surface area contributed by atoms with E-state index in [-0.39, 0.29) is 11.4 Å². The Labute approximate surface area is 121 Å². The van der Waals surface area contributed by atoms with E-state index in [2.05, 4.69) is 10.4 Å². The molecule has 2 rings (SSSR count). The van der Waals surface area contributed by atoms with Crippen LogP contribution in [0.4, 0.5) is 10.5 Å². The van der Waals surface area contributed by atoms with Crippen LogP contribution in [0.15, 0.2) is 12.4 Å². The zero-order chi connectivity index (χ0) is 14.7. The van der Waals surface area contributed by atoms with E-state index in [0.717, 1.165) is 12.8 Å². The number of thioether (sulfide) groups is 1. The molecule has 2 unspecified atom stereocenters. The highest BCUT2D eigenvalue weighted by molar-refractivity contribution is 8.00. The molecule has 2 heterocycles. The van der Waals surface area contributed by atoms with E-state index in [1.54, 1.807) is 17.9 Å². The number of hydrogen-bond donors (Lipinski definition) is 2. The molecule has 0 spiro atoms. The van der Waals surface area contributed by atoms with Crippen molar-refractivity contribution in [3.8, 4) is 0 Å². The van der Waals surface area contributed by atoms with E-state index in [1.165, 1.54) is 22.9 Å². The summed E-state index contributed by atoms with van der Waals surface area (Å²) in [5, 5.41) is 15.8. The third-order valence-corrected chi connectivity index (χ3v) is 4.46. The third-order valence-electron chi connectivity index (χ3n) is 3.10. The first-order chi connectivity index (χ1) is 9.52. The number of hydrogen-bond acceptors (Lipinski definition) is 4. The molecule has 2 atom stereocenters. The molecule has 1 aromatic rings. The normalized spacial score (nSPS) is 22.0. The highest BCUT2D eigenvalue weighted by Crippen LogP contribution is 2.32. The number of nitrogens with zero attached hydrogens (tertiary/aromatic N) is 3. The van der Waals surface area contributed by atoms with Crippen molar-refractivity contribution >= 4 is 29.4 Å². The van der Waals surface area contributed by atoms with E-state index >= 15 is 0 Å². The number of aryl methyl sites for hydroxylation is 1.